The van der Waals surface area contributed by atoms with E-state index in [1.54, 1.807) is 14.2 Å². The molecular formula is C23H35IN4O2. The van der Waals surface area contributed by atoms with Crippen molar-refractivity contribution >= 4 is 35.6 Å². The second-order valence-electron chi connectivity index (χ2n) is 7.12. The third-order valence-corrected chi connectivity index (χ3v) is 4.60. The van der Waals surface area contributed by atoms with Gasteiger partial charge >= 0.3 is 0 Å². The molecule has 0 spiro atoms. The lowest BCUT2D eigenvalue weighted by Gasteiger charge is -2.16. The number of aliphatic imine (C=N–C) groups is 1. The van der Waals surface area contributed by atoms with E-state index in [0.717, 1.165) is 30.2 Å². The monoisotopic (exact) mass is 526 g/mol. The molecule has 0 fully saturated rings. The van der Waals surface area contributed by atoms with Gasteiger partial charge in [-0.15, -0.1) is 24.0 Å². The van der Waals surface area contributed by atoms with Crippen LogP contribution in [0.1, 0.15) is 16.7 Å². The summed E-state index contributed by atoms with van der Waals surface area (Å²) in [7, 11) is 7.56. The molecule has 0 aliphatic heterocycles. The summed E-state index contributed by atoms with van der Waals surface area (Å²) in [5.74, 6) is 1.66. The summed E-state index contributed by atoms with van der Waals surface area (Å²) in [6.07, 6.45) is 0.935. The van der Waals surface area contributed by atoms with E-state index in [-0.39, 0.29) is 24.0 Å². The first-order valence-corrected chi connectivity index (χ1v) is 9.95. The van der Waals surface area contributed by atoms with Crippen LogP contribution in [-0.2, 0) is 17.7 Å². The zero-order valence-electron chi connectivity index (χ0n) is 18.7. The summed E-state index contributed by atoms with van der Waals surface area (Å²) in [5, 5.41) is 6.74. The molecule has 166 valence electrons. The Morgan fingerprint density at radius 3 is 2.40 bits per heavy atom. The Morgan fingerprint density at radius 1 is 1.03 bits per heavy atom. The van der Waals surface area contributed by atoms with E-state index in [4.69, 9.17) is 9.47 Å². The number of ether oxygens (including phenoxy) is 2. The zero-order chi connectivity index (χ0) is 21.1. The molecule has 7 heteroatoms. The van der Waals surface area contributed by atoms with Crippen molar-refractivity contribution in [2.45, 2.75) is 19.9 Å². The first kappa shape index (κ1) is 26.0. The molecule has 2 aromatic rings. The Hall–Kier alpha value is -2.00. The number of halogens is 1. The van der Waals surface area contributed by atoms with E-state index in [1.165, 1.54) is 16.8 Å². The highest BCUT2D eigenvalue weighted by Crippen LogP contribution is 2.20. The van der Waals surface area contributed by atoms with Crippen LogP contribution in [0.2, 0.25) is 0 Å². The molecule has 0 atom stereocenters. The van der Waals surface area contributed by atoms with Crippen molar-refractivity contribution in [3.8, 4) is 5.75 Å². The fourth-order valence-electron chi connectivity index (χ4n) is 2.86. The molecule has 0 aliphatic rings. The molecule has 2 rings (SSSR count). The molecule has 0 saturated heterocycles. The van der Waals surface area contributed by atoms with Gasteiger partial charge in [-0.05, 0) is 42.7 Å². The number of anilines is 1. The fraction of sp³-hybridized carbons (Fsp3) is 0.435. The lowest BCUT2D eigenvalue weighted by molar-refractivity contribution is 0.145. The van der Waals surface area contributed by atoms with Gasteiger partial charge in [0.1, 0.15) is 12.4 Å². The third kappa shape index (κ3) is 8.79. The highest BCUT2D eigenvalue weighted by atomic mass is 127. The lowest BCUT2D eigenvalue weighted by Crippen LogP contribution is -2.37. The molecule has 0 heterocycles. The van der Waals surface area contributed by atoms with Crippen molar-refractivity contribution < 1.29 is 9.47 Å². The second-order valence-corrected chi connectivity index (χ2v) is 7.12. The van der Waals surface area contributed by atoms with Crippen molar-refractivity contribution in [3.63, 3.8) is 0 Å². The lowest BCUT2D eigenvalue weighted by atomic mass is 10.1. The van der Waals surface area contributed by atoms with Crippen LogP contribution in [0.25, 0.3) is 0 Å². The van der Waals surface area contributed by atoms with E-state index in [9.17, 15) is 0 Å². The van der Waals surface area contributed by atoms with Gasteiger partial charge in [0.15, 0.2) is 5.96 Å². The molecule has 0 amide bonds. The maximum Gasteiger partial charge on any atom is 0.191 e. The minimum absolute atomic E-state index is 0. The molecule has 0 unspecified atom stereocenters. The Morgan fingerprint density at radius 2 is 1.77 bits per heavy atom. The van der Waals surface area contributed by atoms with Crippen LogP contribution < -0.4 is 20.3 Å². The highest BCUT2D eigenvalue weighted by molar-refractivity contribution is 14.0. The van der Waals surface area contributed by atoms with Crippen LogP contribution in [0.4, 0.5) is 5.69 Å². The summed E-state index contributed by atoms with van der Waals surface area (Å²) in [6, 6.07) is 14.9. The number of nitrogens with one attached hydrogen (secondary N) is 2. The standard InChI is InChI=1S/C23H34N4O2.HI/c1-18-6-9-20(22(16-18)29-15-14-28-5)17-26-23(24-2)25-13-12-19-7-10-21(11-8-19)27(3)4;/h6-11,16H,12-15,17H2,1-5H3,(H2,24,25,26);1H. The number of benzene rings is 2. The number of aryl methyl sites for hydroxylation is 1. The van der Waals surface area contributed by atoms with Gasteiger partial charge in [-0.25, -0.2) is 0 Å². The Bertz CT molecular complexity index is 779. The van der Waals surface area contributed by atoms with Gasteiger partial charge in [0, 0.05) is 52.6 Å². The Labute approximate surface area is 198 Å². The molecule has 30 heavy (non-hydrogen) atoms. The van der Waals surface area contributed by atoms with Gasteiger partial charge in [0.05, 0.1) is 6.61 Å². The number of guanidine groups is 1. The SMILES string of the molecule is CN=C(NCCc1ccc(N(C)C)cc1)NCc1ccc(C)cc1OCCOC.I. The average Bonchev–Trinajstić information content (AvgIpc) is 2.72. The van der Waals surface area contributed by atoms with Gasteiger partial charge in [0.2, 0.25) is 0 Å². The minimum atomic E-state index is 0. The van der Waals surface area contributed by atoms with Crippen molar-refractivity contribution in [2.24, 2.45) is 4.99 Å². The van der Waals surface area contributed by atoms with Crippen LogP contribution in [0, 0.1) is 6.92 Å². The molecule has 0 radical (unpaired) electrons. The van der Waals surface area contributed by atoms with Gasteiger partial charge in [-0.1, -0.05) is 24.3 Å². The number of methoxy groups -OCH3 is 1. The highest BCUT2D eigenvalue weighted by Gasteiger charge is 2.06. The van der Waals surface area contributed by atoms with Crippen LogP contribution >= 0.6 is 24.0 Å². The molecule has 0 saturated carbocycles. The van der Waals surface area contributed by atoms with Gasteiger partial charge < -0.3 is 25.0 Å². The fourth-order valence-corrected chi connectivity index (χ4v) is 2.86. The summed E-state index contributed by atoms with van der Waals surface area (Å²) >= 11 is 0. The third-order valence-electron chi connectivity index (χ3n) is 4.60. The molecule has 2 N–H and O–H groups in total. The first-order chi connectivity index (χ1) is 14.0. The number of hydrogen-bond acceptors (Lipinski definition) is 4. The predicted octanol–water partition coefficient (Wildman–Crippen LogP) is 3.61. The molecule has 0 aromatic heterocycles. The maximum atomic E-state index is 5.86. The quantitative estimate of drug-likeness (QED) is 0.215. The summed E-state index contributed by atoms with van der Waals surface area (Å²) in [6.45, 7) is 4.62. The van der Waals surface area contributed by atoms with Crippen LogP contribution in [0.5, 0.6) is 5.75 Å². The largest absolute Gasteiger partial charge is 0.491 e. The van der Waals surface area contributed by atoms with Crippen molar-refractivity contribution in [1.82, 2.24) is 10.6 Å². The number of hydrogen-bond donors (Lipinski definition) is 2. The number of rotatable bonds is 10. The second kappa shape index (κ2) is 14.1. The van der Waals surface area contributed by atoms with E-state index in [1.807, 2.05) is 14.1 Å². The van der Waals surface area contributed by atoms with E-state index in [0.29, 0.717) is 19.8 Å². The maximum absolute atomic E-state index is 5.86. The summed E-state index contributed by atoms with van der Waals surface area (Å²) < 4.78 is 10.9. The smallest absolute Gasteiger partial charge is 0.191 e. The van der Waals surface area contributed by atoms with Crippen LogP contribution in [0.15, 0.2) is 47.5 Å². The topological polar surface area (TPSA) is 58.1 Å². The summed E-state index contributed by atoms with van der Waals surface area (Å²) in [4.78, 5) is 6.42. The van der Waals surface area contributed by atoms with Crippen molar-refractivity contribution in [1.29, 1.82) is 0 Å². The molecular weight excluding hydrogens is 491 g/mol. The van der Waals surface area contributed by atoms with Gasteiger partial charge in [0.25, 0.3) is 0 Å². The normalized spacial score (nSPS) is 10.9. The summed E-state index contributed by atoms with van der Waals surface area (Å²) in [5.41, 5.74) is 4.77. The number of nitrogens with zero attached hydrogens (tertiary/aromatic N) is 2. The zero-order valence-corrected chi connectivity index (χ0v) is 21.0. The Balaban J connectivity index is 0.00000450. The minimum Gasteiger partial charge on any atom is -0.491 e. The molecule has 2 aromatic carbocycles. The molecule has 0 bridgehead atoms. The van der Waals surface area contributed by atoms with E-state index in [2.05, 4.69) is 69.9 Å². The van der Waals surface area contributed by atoms with Crippen molar-refractivity contribution in [3.05, 3.63) is 59.2 Å². The first-order valence-electron chi connectivity index (χ1n) is 9.95. The molecule has 6 nitrogen and oxygen atoms in total. The predicted molar refractivity (Wildman–Crippen MR) is 137 cm³/mol. The van der Waals surface area contributed by atoms with Crippen LogP contribution in [0.3, 0.4) is 0 Å². The molecule has 0 aliphatic carbocycles. The van der Waals surface area contributed by atoms with Gasteiger partial charge in [-0.3, -0.25) is 4.99 Å². The van der Waals surface area contributed by atoms with Gasteiger partial charge in [-0.2, -0.15) is 0 Å². The van der Waals surface area contributed by atoms with Crippen LogP contribution in [-0.4, -0.2) is 54.0 Å². The van der Waals surface area contributed by atoms with E-state index < -0.39 is 0 Å². The Kier molecular flexibility index (Phi) is 12.2. The average molecular weight is 526 g/mol. The van der Waals surface area contributed by atoms with E-state index >= 15 is 0 Å². The van der Waals surface area contributed by atoms with Crippen molar-refractivity contribution in [2.75, 3.05) is 52.9 Å².